The van der Waals surface area contributed by atoms with Crippen LogP contribution in [0.1, 0.15) is 51.4 Å². The number of hydrogen-bond donors (Lipinski definition) is 2. The summed E-state index contributed by atoms with van der Waals surface area (Å²) >= 11 is 0. The molecule has 1 saturated carbocycles. The van der Waals surface area contributed by atoms with Gasteiger partial charge in [-0.05, 0) is 44.7 Å². The van der Waals surface area contributed by atoms with Gasteiger partial charge in [-0.15, -0.1) is 0 Å². The number of carbonyl (C=O) groups excluding carboxylic acids is 1. The fourth-order valence-corrected chi connectivity index (χ4v) is 4.50. The van der Waals surface area contributed by atoms with E-state index in [4.69, 9.17) is 0 Å². The van der Waals surface area contributed by atoms with E-state index in [1.807, 2.05) is 4.90 Å². The van der Waals surface area contributed by atoms with E-state index >= 15 is 0 Å². The first-order valence-corrected chi connectivity index (χ1v) is 9.65. The third-order valence-electron chi connectivity index (χ3n) is 5.97. The molecule has 0 aromatic carbocycles. The van der Waals surface area contributed by atoms with Gasteiger partial charge in [-0.1, -0.05) is 25.7 Å². The average Bonchev–Trinajstić information content (AvgIpc) is 3.12. The summed E-state index contributed by atoms with van der Waals surface area (Å²) in [4.78, 5) is 17.0. The van der Waals surface area contributed by atoms with Crippen molar-refractivity contribution in [3.05, 3.63) is 0 Å². The van der Waals surface area contributed by atoms with E-state index in [1.165, 1.54) is 51.6 Å². The van der Waals surface area contributed by atoms with Gasteiger partial charge in [0.25, 0.3) is 0 Å². The van der Waals surface area contributed by atoms with Crippen LogP contribution in [0.5, 0.6) is 0 Å². The van der Waals surface area contributed by atoms with Crippen molar-refractivity contribution in [1.29, 1.82) is 0 Å². The zero-order valence-corrected chi connectivity index (χ0v) is 14.4. The minimum atomic E-state index is 0.0914. The molecule has 2 saturated heterocycles. The largest absolute Gasteiger partial charge is 0.396 e. The molecule has 3 rings (SSSR count). The molecule has 0 aromatic heterocycles. The summed E-state index contributed by atoms with van der Waals surface area (Å²) in [6, 6.07) is 0.466. The molecular formula is C18H33N3O2. The first-order valence-electron chi connectivity index (χ1n) is 9.65. The van der Waals surface area contributed by atoms with Crippen LogP contribution < -0.4 is 5.32 Å². The number of nitrogens with one attached hydrogen (secondary N) is 1. The van der Waals surface area contributed by atoms with Crippen LogP contribution in [0.2, 0.25) is 0 Å². The second-order valence-electron chi connectivity index (χ2n) is 7.75. The van der Waals surface area contributed by atoms with Crippen molar-refractivity contribution >= 4 is 6.03 Å². The molecule has 2 amide bonds. The van der Waals surface area contributed by atoms with Crippen molar-refractivity contribution in [2.24, 2.45) is 11.8 Å². The van der Waals surface area contributed by atoms with Gasteiger partial charge in [-0.3, -0.25) is 0 Å². The number of aliphatic hydroxyl groups excluding tert-OH is 1. The van der Waals surface area contributed by atoms with Crippen LogP contribution in [0, 0.1) is 11.8 Å². The zero-order chi connectivity index (χ0) is 16.1. The molecule has 0 bridgehead atoms. The summed E-state index contributed by atoms with van der Waals surface area (Å²) in [7, 11) is 0. The third-order valence-corrected chi connectivity index (χ3v) is 5.97. The van der Waals surface area contributed by atoms with E-state index < -0.39 is 0 Å². The van der Waals surface area contributed by atoms with Gasteiger partial charge in [0, 0.05) is 38.2 Å². The molecule has 132 valence electrons. The van der Waals surface area contributed by atoms with Crippen molar-refractivity contribution in [3.63, 3.8) is 0 Å². The standard InChI is InChI=1S/C18H33N3O2/c22-14-16-13-21(18(23)19-17-7-3-4-8-17)12-15(16)11-20-9-5-1-2-6-10-20/h15-17,22H,1-14H2,(H,19,23)/t15-,16-/m0/s1. The van der Waals surface area contributed by atoms with E-state index in [0.29, 0.717) is 18.5 Å². The number of amides is 2. The maximum absolute atomic E-state index is 12.5. The predicted molar refractivity (Wildman–Crippen MR) is 91.3 cm³/mol. The normalized spacial score (nSPS) is 30.6. The lowest BCUT2D eigenvalue weighted by atomic mass is 9.96. The third kappa shape index (κ3) is 4.60. The van der Waals surface area contributed by atoms with E-state index in [2.05, 4.69) is 10.2 Å². The fourth-order valence-electron chi connectivity index (χ4n) is 4.50. The predicted octanol–water partition coefficient (Wildman–Crippen LogP) is 2.05. The van der Waals surface area contributed by atoms with Crippen molar-refractivity contribution in [1.82, 2.24) is 15.1 Å². The molecular weight excluding hydrogens is 290 g/mol. The molecule has 5 heteroatoms. The van der Waals surface area contributed by atoms with Crippen LogP contribution in [0.3, 0.4) is 0 Å². The van der Waals surface area contributed by atoms with Gasteiger partial charge in [-0.2, -0.15) is 0 Å². The summed E-state index contributed by atoms with van der Waals surface area (Å²) in [5.41, 5.74) is 0. The highest BCUT2D eigenvalue weighted by atomic mass is 16.3. The molecule has 2 N–H and O–H groups in total. The number of likely N-dealkylation sites (tertiary alicyclic amines) is 2. The second kappa shape index (κ2) is 8.34. The lowest BCUT2D eigenvalue weighted by molar-refractivity contribution is 0.165. The fraction of sp³-hybridized carbons (Fsp3) is 0.944. The van der Waals surface area contributed by atoms with Gasteiger partial charge in [0.2, 0.25) is 0 Å². The lowest BCUT2D eigenvalue weighted by Gasteiger charge is -2.26. The van der Waals surface area contributed by atoms with E-state index in [9.17, 15) is 9.90 Å². The van der Waals surface area contributed by atoms with Gasteiger partial charge in [-0.25, -0.2) is 4.79 Å². The Labute approximate surface area is 140 Å². The quantitative estimate of drug-likeness (QED) is 0.832. The monoisotopic (exact) mass is 323 g/mol. The number of rotatable bonds is 4. The van der Waals surface area contributed by atoms with Gasteiger partial charge in [0.05, 0.1) is 0 Å². The summed E-state index contributed by atoms with van der Waals surface area (Å²) < 4.78 is 0. The van der Waals surface area contributed by atoms with Crippen molar-refractivity contribution < 1.29 is 9.90 Å². The molecule has 0 aromatic rings. The van der Waals surface area contributed by atoms with Gasteiger partial charge in [0.15, 0.2) is 0 Å². The Morgan fingerprint density at radius 1 is 0.957 bits per heavy atom. The number of nitrogens with zero attached hydrogens (tertiary/aromatic N) is 2. The van der Waals surface area contributed by atoms with E-state index in [0.717, 1.165) is 25.9 Å². The number of aliphatic hydroxyl groups is 1. The maximum atomic E-state index is 12.5. The van der Waals surface area contributed by atoms with E-state index in [1.54, 1.807) is 0 Å². The Kier molecular flexibility index (Phi) is 6.17. The molecule has 3 aliphatic rings. The van der Waals surface area contributed by atoms with Crippen LogP contribution in [-0.2, 0) is 0 Å². The van der Waals surface area contributed by atoms with Crippen LogP contribution in [0.15, 0.2) is 0 Å². The lowest BCUT2D eigenvalue weighted by Crippen LogP contribution is -2.43. The van der Waals surface area contributed by atoms with Gasteiger partial charge in [0.1, 0.15) is 0 Å². The van der Waals surface area contributed by atoms with Gasteiger partial charge < -0.3 is 20.2 Å². The first kappa shape index (κ1) is 17.0. The van der Waals surface area contributed by atoms with Crippen LogP contribution in [-0.4, -0.2) is 66.3 Å². The minimum Gasteiger partial charge on any atom is -0.396 e. The summed E-state index contributed by atoms with van der Waals surface area (Å²) in [6.45, 7) is 5.13. The van der Waals surface area contributed by atoms with Crippen LogP contribution in [0.4, 0.5) is 4.79 Å². The SMILES string of the molecule is O=C(NC1CCCC1)N1C[C@@H](CO)[C@@H](CN2CCCCCC2)C1. The Morgan fingerprint density at radius 3 is 2.26 bits per heavy atom. The van der Waals surface area contributed by atoms with Crippen molar-refractivity contribution in [2.45, 2.75) is 57.4 Å². The first-order chi connectivity index (χ1) is 11.3. The highest BCUT2D eigenvalue weighted by molar-refractivity contribution is 5.75. The summed E-state index contributed by atoms with van der Waals surface area (Å²) in [5.74, 6) is 0.667. The Balaban J connectivity index is 1.50. The van der Waals surface area contributed by atoms with Gasteiger partial charge >= 0.3 is 6.03 Å². The summed E-state index contributed by atoms with van der Waals surface area (Å²) in [5, 5.41) is 12.9. The minimum absolute atomic E-state index is 0.0914. The molecule has 0 radical (unpaired) electrons. The Bertz CT molecular complexity index is 376. The van der Waals surface area contributed by atoms with Crippen LogP contribution >= 0.6 is 0 Å². The Morgan fingerprint density at radius 2 is 1.61 bits per heavy atom. The molecule has 0 unspecified atom stereocenters. The molecule has 2 aliphatic heterocycles. The highest BCUT2D eigenvalue weighted by Crippen LogP contribution is 2.26. The number of hydrogen-bond acceptors (Lipinski definition) is 3. The van der Waals surface area contributed by atoms with Crippen molar-refractivity contribution in [2.75, 3.05) is 39.3 Å². The smallest absolute Gasteiger partial charge is 0.317 e. The second-order valence-corrected chi connectivity index (χ2v) is 7.75. The zero-order valence-electron chi connectivity index (χ0n) is 14.4. The molecule has 3 fully saturated rings. The molecule has 2 atom stereocenters. The molecule has 1 aliphatic carbocycles. The molecule has 2 heterocycles. The topological polar surface area (TPSA) is 55.8 Å². The Hall–Kier alpha value is -0.810. The number of urea groups is 1. The highest BCUT2D eigenvalue weighted by Gasteiger charge is 2.36. The molecule has 5 nitrogen and oxygen atoms in total. The van der Waals surface area contributed by atoms with Crippen molar-refractivity contribution in [3.8, 4) is 0 Å². The molecule has 23 heavy (non-hydrogen) atoms. The number of carbonyl (C=O) groups is 1. The van der Waals surface area contributed by atoms with E-state index in [-0.39, 0.29) is 18.6 Å². The average molecular weight is 323 g/mol. The van der Waals surface area contributed by atoms with Crippen LogP contribution in [0.25, 0.3) is 0 Å². The summed E-state index contributed by atoms with van der Waals surface area (Å²) in [6.07, 6.45) is 10.0. The maximum Gasteiger partial charge on any atom is 0.317 e. The molecule has 0 spiro atoms.